The molecule has 0 radical (unpaired) electrons. The van der Waals surface area contributed by atoms with E-state index >= 15 is 0 Å². The zero-order valence-electron chi connectivity index (χ0n) is 17.9. The van der Waals surface area contributed by atoms with Crippen molar-refractivity contribution in [2.45, 2.75) is 13.5 Å². The summed E-state index contributed by atoms with van der Waals surface area (Å²) in [4.78, 5) is 26.9. The number of carbonyl (C=O) groups excluding carboxylic acids is 2. The van der Waals surface area contributed by atoms with Gasteiger partial charge in [-0.3, -0.25) is 9.59 Å². The van der Waals surface area contributed by atoms with Gasteiger partial charge in [0.25, 0.3) is 11.1 Å². The molecular formula is C25H18BrClFNO4S. The normalized spacial score (nSPS) is 14.7. The average Bonchev–Trinajstić information content (AvgIpc) is 3.08. The highest BCUT2D eigenvalue weighted by Crippen LogP contribution is 2.40. The van der Waals surface area contributed by atoms with Crippen molar-refractivity contribution in [1.82, 2.24) is 0 Å². The van der Waals surface area contributed by atoms with Crippen LogP contribution in [0.4, 0.5) is 14.9 Å². The number of hydrogen-bond donors (Lipinski definition) is 0. The second kappa shape index (κ2) is 10.6. The van der Waals surface area contributed by atoms with E-state index in [9.17, 15) is 14.0 Å². The van der Waals surface area contributed by atoms with Gasteiger partial charge in [0.1, 0.15) is 12.4 Å². The van der Waals surface area contributed by atoms with E-state index in [-0.39, 0.29) is 22.6 Å². The first kappa shape index (κ1) is 24.3. The second-order valence-corrected chi connectivity index (χ2v) is 9.46. The maximum absolute atomic E-state index is 13.1. The zero-order valence-corrected chi connectivity index (χ0v) is 21.0. The minimum atomic E-state index is -0.414. The van der Waals surface area contributed by atoms with E-state index in [2.05, 4.69) is 15.9 Å². The Kier molecular flexibility index (Phi) is 7.60. The number of thioether (sulfide) groups is 1. The van der Waals surface area contributed by atoms with Gasteiger partial charge in [-0.2, -0.15) is 0 Å². The second-order valence-electron chi connectivity index (χ2n) is 7.17. The van der Waals surface area contributed by atoms with Crippen molar-refractivity contribution in [3.63, 3.8) is 0 Å². The zero-order chi connectivity index (χ0) is 24.2. The van der Waals surface area contributed by atoms with Gasteiger partial charge in [0.05, 0.1) is 21.7 Å². The lowest BCUT2D eigenvalue weighted by Crippen LogP contribution is -2.27. The van der Waals surface area contributed by atoms with Crippen molar-refractivity contribution in [2.75, 3.05) is 11.5 Å². The Morgan fingerprint density at radius 2 is 1.76 bits per heavy atom. The summed E-state index contributed by atoms with van der Waals surface area (Å²) in [6.07, 6.45) is 1.64. The number of ether oxygens (including phenoxy) is 2. The Hall–Kier alpha value is -2.81. The Labute approximate surface area is 213 Å². The molecule has 174 valence electrons. The van der Waals surface area contributed by atoms with E-state index in [4.69, 9.17) is 21.1 Å². The van der Waals surface area contributed by atoms with Gasteiger partial charge in [-0.05, 0) is 100 Å². The van der Waals surface area contributed by atoms with E-state index in [0.29, 0.717) is 38.9 Å². The van der Waals surface area contributed by atoms with Crippen LogP contribution >= 0.6 is 39.3 Å². The molecule has 5 nitrogen and oxygen atoms in total. The lowest BCUT2D eigenvalue weighted by molar-refractivity contribution is -0.113. The van der Waals surface area contributed by atoms with E-state index in [0.717, 1.165) is 22.2 Å². The molecule has 9 heteroatoms. The molecule has 1 aliphatic rings. The SMILES string of the molecule is CCOc1cc(/C=C2/SC(=O)N(c3ccc(Cl)cc3)C2=O)cc(Br)c1OCc1ccc(F)cc1. The molecule has 1 saturated heterocycles. The quantitative estimate of drug-likeness (QED) is 0.280. The molecule has 0 atom stereocenters. The molecule has 2 amide bonds. The van der Waals surface area contributed by atoms with Gasteiger partial charge in [0, 0.05) is 5.02 Å². The van der Waals surface area contributed by atoms with E-state index in [1.807, 2.05) is 6.92 Å². The first-order chi connectivity index (χ1) is 16.4. The van der Waals surface area contributed by atoms with Crippen molar-refractivity contribution in [3.8, 4) is 11.5 Å². The van der Waals surface area contributed by atoms with Crippen LogP contribution in [0, 0.1) is 5.82 Å². The van der Waals surface area contributed by atoms with Gasteiger partial charge in [-0.25, -0.2) is 9.29 Å². The number of imide groups is 1. The Morgan fingerprint density at radius 3 is 2.44 bits per heavy atom. The van der Waals surface area contributed by atoms with Crippen molar-refractivity contribution in [2.24, 2.45) is 0 Å². The number of benzene rings is 3. The third-order valence-corrected chi connectivity index (χ3v) is 6.52. The molecule has 0 unspecified atom stereocenters. The van der Waals surface area contributed by atoms with Gasteiger partial charge >= 0.3 is 0 Å². The maximum atomic E-state index is 13.1. The van der Waals surface area contributed by atoms with Crippen LogP contribution in [0.5, 0.6) is 11.5 Å². The smallest absolute Gasteiger partial charge is 0.298 e. The summed E-state index contributed by atoms with van der Waals surface area (Å²) in [6.45, 7) is 2.47. The fourth-order valence-corrected chi connectivity index (χ4v) is 4.78. The van der Waals surface area contributed by atoms with E-state index in [1.54, 1.807) is 54.6 Å². The molecule has 0 N–H and O–H groups in total. The molecule has 3 aromatic carbocycles. The highest BCUT2D eigenvalue weighted by atomic mass is 79.9. The summed E-state index contributed by atoms with van der Waals surface area (Å²) in [5.41, 5.74) is 1.91. The van der Waals surface area contributed by atoms with Crippen LogP contribution < -0.4 is 14.4 Å². The summed E-state index contributed by atoms with van der Waals surface area (Å²) >= 11 is 10.3. The van der Waals surface area contributed by atoms with Gasteiger partial charge in [-0.1, -0.05) is 23.7 Å². The lowest BCUT2D eigenvalue weighted by Gasteiger charge is -2.15. The van der Waals surface area contributed by atoms with Crippen molar-refractivity contribution >= 4 is 62.2 Å². The lowest BCUT2D eigenvalue weighted by atomic mass is 10.1. The fraction of sp³-hybridized carbons (Fsp3) is 0.120. The van der Waals surface area contributed by atoms with Crippen LogP contribution in [0.3, 0.4) is 0 Å². The number of nitrogens with zero attached hydrogens (tertiary/aromatic N) is 1. The number of carbonyl (C=O) groups is 2. The first-order valence-electron chi connectivity index (χ1n) is 10.2. The molecule has 0 aliphatic carbocycles. The number of halogens is 3. The highest BCUT2D eigenvalue weighted by molar-refractivity contribution is 9.10. The summed E-state index contributed by atoms with van der Waals surface area (Å²) < 4.78 is 25.5. The number of anilines is 1. The Bertz CT molecular complexity index is 1270. The van der Waals surface area contributed by atoms with Crippen LogP contribution in [-0.2, 0) is 11.4 Å². The fourth-order valence-electron chi connectivity index (χ4n) is 3.24. The van der Waals surface area contributed by atoms with Crippen LogP contribution in [0.1, 0.15) is 18.1 Å². The van der Waals surface area contributed by atoms with Crippen molar-refractivity contribution in [3.05, 3.63) is 92.0 Å². The van der Waals surface area contributed by atoms with Gasteiger partial charge in [-0.15, -0.1) is 0 Å². The number of rotatable bonds is 7. The third kappa shape index (κ3) is 5.46. The molecule has 1 heterocycles. The van der Waals surface area contributed by atoms with Gasteiger partial charge in [0.15, 0.2) is 11.5 Å². The summed E-state index contributed by atoms with van der Waals surface area (Å²) in [5, 5.41) is 0.128. The van der Waals surface area contributed by atoms with E-state index in [1.165, 1.54) is 12.1 Å². The molecule has 0 saturated carbocycles. The summed E-state index contributed by atoms with van der Waals surface area (Å²) in [5.74, 6) is 0.229. The standard InChI is InChI=1S/C25H18BrClFNO4S/c1-2-32-21-12-16(11-20(26)23(21)33-14-15-3-7-18(28)8-4-15)13-22-24(30)29(25(31)34-22)19-9-5-17(27)6-10-19/h3-13H,2,14H2,1H3/b22-13+. The summed E-state index contributed by atoms with van der Waals surface area (Å²) in [6, 6.07) is 16.1. The average molecular weight is 563 g/mol. The molecule has 1 aliphatic heterocycles. The van der Waals surface area contributed by atoms with Gasteiger partial charge in [0.2, 0.25) is 0 Å². The van der Waals surface area contributed by atoms with E-state index < -0.39 is 5.91 Å². The van der Waals surface area contributed by atoms with Crippen molar-refractivity contribution < 1.29 is 23.5 Å². The minimum absolute atomic E-state index is 0.221. The maximum Gasteiger partial charge on any atom is 0.298 e. The van der Waals surface area contributed by atoms with Crippen LogP contribution in [0.2, 0.25) is 5.02 Å². The number of amides is 2. The molecule has 34 heavy (non-hydrogen) atoms. The molecule has 0 bridgehead atoms. The molecule has 1 fully saturated rings. The predicted octanol–water partition coefficient (Wildman–Crippen LogP) is 7.46. The number of hydrogen-bond acceptors (Lipinski definition) is 5. The molecule has 4 rings (SSSR count). The topological polar surface area (TPSA) is 55.8 Å². The molecule has 3 aromatic rings. The Balaban J connectivity index is 1.59. The monoisotopic (exact) mass is 561 g/mol. The predicted molar refractivity (Wildman–Crippen MR) is 136 cm³/mol. The minimum Gasteiger partial charge on any atom is -0.490 e. The molecular weight excluding hydrogens is 545 g/mol. The largest absolute Gasteiger partial charge is 0.490 e. The molecule has 0 spiro atoms. The first-order valence-corrected chi connectivity index (χ1v) is 12.2. The van der Waals surface area contributed by atoms with Gasteiger partial charge < -0.3 is 9.47 Å². The molecule has 0 aromatic heterocycles. The Morgan fingerprint density at radius 1 is 1.06 bits per heavy atom. The highest BCUT2D eigenvalue weighted by Gasteiger charge is 2.36. The van der Waals surface area contributed by atoms with Crippen LogP contribution in [-0.4, -0.2) is 17.8 Å². The van der Waals surface area contributed by atoms with Crippen LogP contribution in [0.25, 0.3) is 6.08 Å². The van der Waals surface area contributed by atoms with Crippen LogP contribution in [0.15, 0.2) is 70.0 Å². The van der Waals surface area contributed by atoms with Crippen molar-refractivity contribution in [1.29, 1.82) is 0 Å². The third-order valence-electron chi connectivity index (χ3n) is 4.80. The summed E-state index contributed by atoms with van der Waals surface area (Å²) in [7, 11) is 0.